The topological polar surface area (TPSA) is 50.8 Å². The third kappa shape index (κ3) is 6.78. The number of rotatable bonds is 9. The Kier molecular flexibility index (Phi) is 8.93. The van der Waals surface area contributed by atoms with E-state index in [-0.39, 0.29) is 11.8 Å². The Morgan fingerprint density at radius 1 is 1.14 bits per heavy atom. The summed E-state index contributed by atoms with van der Waals surface area (Å²) in [6.45, 7) is 3.50. The van der Waals surface area contributed by atoms with Crippen LogP contribution in [0.1, 0.15) is 56.9 Å². The second-order valence-electron chi connectivity index (χ2n) is 8.27. The van der Waals surface area contributed by atoms with Crippen molar-refractivity contribution >= 4 is 17.5 Å². The highest BCUT2D eigenvalue weighted by molar-refractivity contribution is 6.17. The molecule has 0 unspecified atom stereocenters. The molecule has 2 fully saturated rings. The molecule has 1 saturated carbocycles. The normalized spacial score (nSPS) is 19.1. The van der Waals surface area contributed by atoms with Crippen LogP contribution in [0.5, 0.6) is 11.5 Å². The number of piperidine rings is 1. The number of nitrogens with one attached hydrogen (secondary N) is 1. The number of methoxy groups -OCH3 is 1. The maximum Gasteiger partial charge on any atom is 0.223 e. The fourth-order valence-corrected chi connectivity index (χ4v) is 4.45. The number of benzene rings is 1. The summed E-state index contributed by atoms with van der Waals surface area (Å²) in [5.74, 6) is 2.67. The number of ether oxygens (including phenoxy) is 2. The molecular formula is C23H35ClN2O3. The molecule has 3 rings (SSSR count). The fourth-order valence-electron chi connectivity index (χ4n) is 4.34. The van der Waals surface area contributed by atoms with Crippen LogP contribution in [0.2, 0.25) is 0 Å². The van der Waals surface area contributed by atoms with Gasteiger partial charge in [0.2, 0.25) is 5.91 Å². The standard InChI is InChI=1S/C23H35ClN2O3/c1-28-22-16-18(8-9-21(22)29-15-5-12-24)17-26-13-10-20(11-14-26)25-23(27)19-6-3-2-4-7-19/h8-9,16,19-20H,2-7,10-15,17H2,1H3,(H,25,27). The van der Waals surface area contributed by atoms with Crippen molar-refractivity contribution in [3.8, 4) is 11.5 Å². The zero-order chi connectivity index (χ0) is 20.5. The predicted octanol–water partition coefficient (Wildman–Crippen LogP) is 4.36. The minimum atomic E-state index is 0.249. The van der Waals surface area contributed by atoms with Crippen molar-refractivity contribution in [1.82, 2.24) is 10.2 Å². The Labute approximate surface area is 180 Å². The maximum atomic E-state index is 12.5. The van der Waals surface area contributed by atoms with Crippen LogP contribution >= 0.6 is 11.6 Å². The van der Waals surface area contributed by atoms with E-state index < -0.39 is 0 Å². The maximum absolute atomic E-state index is 12.5. The van der Waals surface area contributed by atoms with E-state index in [0.717, 1.165) is 63.2 Å². The Balaban J connectivity index is 1.44. The molecule has 1 aliphatic heterocycles. The predicted molar refractivity (Wildman–Crippen MR) is 117 cm³/mol. The number of likely N-dealkylation sites (tertiary alicyclic amines) is 1. The smallest absolute Gasteiger partial charge is 0.223 e. The summed E-state index contributed by atoms with van der Waals surface area (Å²) in [5.41, 5.74) is 1.22. The largest absolute Gasteiger partial charge is 0.493 e. The second kappa shape index (κ2) is 11.7. The van der Waals surface area contributed by atoms with Crippen molar-refractivity contribution in [2.75, 3.05) is 32.7 Å². The fraction of sp³-hybridized carbons (Fsp3) is 0.696. The van der Waals surface area contributed by atoms with E-state index in [4.69, 9.17) is 21.1 Å². The van der Waals surface area contributed by atoms with Gasteiger partial charge in [-0.2, -0.15) is 0 Å². The molecule has 29 heavy (non-hydrogen) atoms. The van der Waals surface area contributed by atoms with Gasteiger partial charge in [0, 0.05) is 37.5 Å². The molecule has 5 nitrogen and oxygen atoms in total. The molecular weight excluding hydrogens is 388 g/mol. The summed E-state index contributed by atoms with van der Waals surface area (Å²) in [6.07, 6.45) is 8.69. The Morgan fingerprint density at radius 2 is 1.90 bits per heavy atom. The van der Waals surface area contributed by atoms with Crippen LogP contribution < -0.4 is 14.8 Å². The van der Waals surface area contributed by atoms with E-state index in [2.05, 4.69) is 22.3 Å². The third-order valence-electron chi connectivity index (χ3n) is 6.08. The molecule has 6 heteroatoms. The van der Waals surface area contributed by atoms with E-state index >= 15 is 0 Å². The van der Waals surface area contributed by atoms with Crippen LogP contribution in [0.25, 0.3) is 0 Å². The van der Waals surface area contributed by atoms with Crippen LogP contribution in [0.3, 0.4) is 0 Å². The SMILES string of the molecule is COc1cc(CN2CCC(NC(=O)C3CCCCC3)CC2)ccc1OCCCCl. The van der Waals surface area contributed by atoms with Gasteiger partial charge in [-0.25, -0.2) is 0 Å². The second-order valence-corrected chi connectivity index (χ2v) is 8.65. The molecule has 0 atom stereocenters. The van der Waals surface area contributed by atoms with Crippen molar-refractivity contribution in [2.45, 2.75) is 64.0 Å². The summed E-state index contributed by atoms with van der Waals surface area (Å²) in [5, 5.41) is 3.31. The highest BCUT2D eigenvalue weighted by atomic mass is 35.5. The Hall–Kier alpha value is -1.46. The van der Waals surface area contributed by atoms with Gasteiger partial charge in [0.25, 0.3) is 0 Å². The van der Waals surface area contributed by atoms with Gasteiger partial charge in [-0.15, -0.1) is 11.6 Å². The van der Waals surface area contributed by atoms with Crippen LogP contribution in [-0.4, -0.2) is 49.5 Å². The van der Waals surface area contributed by atoms with Crippen LogP contribution in [0, 0.1) is 5.92 Å². The molecule has 1 aliphatic carbocycles. The minimum Gasteiger partial charge on any atom is -0.493 e. The number of alkyl halides is 1. The molecule has 2 aliphatic rings. The lowest BCUT2D eigenvalue weighted by Crippen LogP contribution is -2.46. The van der Waals surface area contributed by atoms with Crippen molar-refractivity contribution in [2.24, 2.45) is 5.92 Å². The molecule has 1 amide bonds. The van der Waals surface area contributed by atoms with Gasteiger partial charge in [-0.3, -0.25) is 9.69 Å². The molecule has 1 heterocycles. The van der Waals surface area contributed by atoms with E-state index in [0.29, 0.717) is 18.5 Å². The van der Waals surface area contributed by atoms with Gasteiger partial charge < -0.3 is 14.8 Å². The summed E-state index contributed by atoms with van der Waals surface area (Å²) in [4.78, 5) is 14.9. The number of amides is 1. The van der Waals surface area contributed by atoms with E-state index in [1.54, 1.807) is 7.11 Å². The van der Waals surface area contributed by atoms with Gasteiger partial charge in [-0.1, -0.05) is 25.3 Å². The zero-order valence-corrected chi connectivity index (χ0v) is 18.4. The van der Waals surface area contributed by atoms with E-state index in [9.17, 15) is 4.79 Å². The van der Waals surface area contributed by atoms with Gasteiger partial charge in [-0.05, 0) is 49.8 Å². The number of nitrogens with zero attached hydrogens (tertiary/aromatic N) is 1. The molecule has 0 bridgehead atoms. The van der Waals surface area contributed by atoms with Crippen LogP contribution in [-0.2, 0) is 11.3 Å². The molecule has 0 aromatic heterocycles. The lowest BCUT2D eigenvalue weighted by atomic mass is 9.88. The van der Waals surface area contributed by atoms with Gasteiger partial charge in [0.15, 0.2) is 11.5 Å². The summed E-state index contributed by atoms with van der Waals surface area (Å²) < 4.78 is 11.3. The van der Waals surface area contributed by atoms with Gasteiger partial charge in [0.05, 0.1) is 13.7 Å². The number of carbonyl (C=O) groups is 1. The first-order valence-corrected chi connectivity index (χ1v) is 11.6. The number of carbonyl (C=O) groups excluding carboxylic acids is 1. The van der Waals surface area contributed by atoms with Crippen molar-refractivity contribution in [3.05, 3.63) is 23.8 Å². The zero-order valence-electron chi connectivity index (χ0n) is 17.6. The van der Waals surface area contributed by atoms with E-state index in [1.807, 2.05) is 6.07 Å². The molecule has 162 valence electrons. The number of halogens is 1. The molecule has 0 spiro atoms. The number of hydrogen-bond donors (Lipinski definition) is 1. The van der Waals surface area contributed by atoms with Crippen LogP contribution in [0.15, 0.2) is 18.2 Å². The highest BCUT2D eigenvalue weighted by Gasteiger charge is 2.26. The molecule has 1 N–H and O–H groups in total. The third-order valence-corrected chi connectivity index (χ3v) is 6.35. The summed E-state index contributed by atoms with van der Waals surface area (Å²) >= 11 is 5.71. The average Bonchev–Trinajstić information content (AvgIpc) is 2.76. The average molecular weight is 423 g/mol. The first-order valence-electron chi connectivity index (χ1n) is 11.1. The first kappa shape index (κ1) is 22.2. The summed E-state index contributed by atoms with van der Waals surface area (Å²) in [7, 11) is 1.67. The van der Waals surface area contributed by atoms with Gasteiger partial charge in [0.1, 0.15) is 0 Å². The van der Waals surface area contributed by atoms with E-state index in [1.165, 1.54) is 24.8 Å². The van der Waals surface area contributed by atoms with Crippen molar-refractivity contribution < 1.29 is 14.3 Å². The molecule has 0 radical (unpaired) electrons. The Bertz CT molecular complexity index is 641. The van der Waals surface area contributed by atoms with Crippen molar-refractivity contribution in [3.63, 3.8) is 0 Å². The Morgan fingerprint density at radius 3 is 2.59 bits per heavy atom. The number of hydrogen-bond acceptors (Lipinski definition) is 4. The lowest BCUT2D eigenvalue weighted by molar-refractivity contribution is -0.127. The summed E-state index contributed by atoms with van der Waals surface area (Å²) in [6, 6.07) is 6.48. The van der Waals surface area contributed by atoms with Gasteiger partial charge >= 0.3 is 0 Å². The molecule has 1 saturated heterocycles. The van der Waals surface area contributed by atoms with Crippen molar-refractivity contribution in [1.29, 1.82) is 0 Å². The first-order chi connectivity index (χ1) is 14.2. The lowest BCUT2D eigenvalue weighted by Gasteiger charge is -2.33. The molecule has 1 aromatic rings. The highest BCUT2D eigenvalue weighted by Crippen LogP contribution is 2.29. The monoisotopic (exact) mass is 422 g/mol. The molecule has 1 aromatic carbocycles. The van der Waals surface area contributed by atoms with Crippen LogP contribution in [0.4, 0.5) is 0 Å². The minimum absolute atomic E-state index is 0.249. The quantitative estimate of drug-likeness (QED) is 0.474.